The van der Waals surface area contributed by atoms with Crippen LogP contribution in [0.5, 0.6) is 0 Å². The molecule has 0 spiro atoms. The molecule has 64 valence electrons. The van der Waals surface area contributed by atoms with Gasteiger partial charge in [-0.2, -0.15) is 5.26 Å². The molecule has 0 atom stereocenters. The maximum absolute atomic E-state index is 10.9. The van der Waals surface area contributed by atoms with Gasteiger partial charge in [0.15, 0.2) is 0 Å². The number of aromatic nitrogens is 2. The third kappa shape index (κ3) is 1.09. The third-order valence-corrected chi connectivity index (χ3v) is 2.33. The van der Waals surface area contributed by atoms with E-state index in [0.717, 1.165) is 5.56 Å². The van der Waals surface area contributed by atoms with E-state index in [2.05, 4.69) is 16.0 Å². The molecule has 13 heavy (non-hydrogen) atoms. The molecular weight excluding hydrogens is 166 g/mol. The van der Waals surface area contributed by atoms with E-state index in [9.17, 15) is 4.79 Å². The summed E-state index contributed by atoms with van der Waals surface area (Å²) in [5.41, 5.74) is 0.107. The van der Waals surface area contributed by atoms with E-state index < -0.39 is 5.41 Å². The van der Waals surface area contributed by atoms with Crippen LogP contribution in [0.1, 0.15) is 18.4 Å². The fourth-order valence-electron chi connectivity index (χ4n) is 1.52. The predicted octanol–water partition coefficient (Wildman–Crippen LogP) is 0.601. The van der Waals surface area contributed by atoms with Gasteiger partial charge in [0.05, 0.1) is 11.5 Å². The van der Waals surface area contributed by atoms with Crippen molar-refractivity contribution in [3.05, 3.63) is 24.3 Å². The summed E-state index contributed by atoms with van der Waals surface area (Å²) in [5, 5.41) is 8.95. The van der Waals surface area contributed by atoms with Crippen LogP contribution in [-0.2, 0) is 10.2 Å². The van der Waals surface area contributed by atoms with Gasteiger partial charge in [-0.25, -0.2) is 9.97 Å². The van der Waals surface area contributed by atoms with Gasteiger partial charge in [0.2, 0.25) is 0 Å². The Labute approximate surface area is 75.2 Å². The lowest BCUT2D eigenvalue weighted by atomic mass is 9.65. The summed E-state index contributed by atoms with van der Waals surface area (Å²) in [6.07, 6.45) is 5.22. The number of carbonyl (C=O) groups excluding carboxylic acids is 1. The zero-order valence-corrected chi connectivity index (χ0v) is 6.90. The fraction of sp³-hybridized carbons (Fsp3) is 0.333. The number of Topliss-reactive ketones (excluding diaryl/α,β-unsaturated/α-hetero) is 1. The van der Waals surface area contributed by atoms with Crippen LogP contribution in [0, 0.1) is 11.3 Å². The first-order valence-corrected chi connectivity index (χ1v) is 3.95. The van der Waals surface area contributed by atoms with Crippen LogP contribution in [0.25, 0.3) is 0 Å². The Hall–Kier alpha value is -1.76. The molecule has 0 saturated heterocycles. The minimum Gasteiger partial charge on any atom is -0.300 e. The molecule has 1 aliphatic rings. The number of rotatable bonds is 1. The van der Waals surface area contributed by atoms with Gasteiger partial charge in [-0.1, -0.05) is 0 Å². The molecule has 4 heteroatoms. The van der Waals surface area contributed by atoms with E-state index in [-0.39, 0.29) is 5.78 Å². The summed E-state index contributed by atoms with van der Waals surface area (Å²) in [4.78, 5) is 18.5. The maximum Gasteiger partial charge on any atom is 0.136 e. The van der Waals surface area contributed by atoms with Crippen molar-refractivity contribution in [2.24, 2.45) is 0 Å². The summed E-state index contributed by atoms with van der Waals surface area (Å²) >= 11 is 0. The number of hydrogen-bond donors (Lipinski definition) is 0. The highest BCUT2D eigenvalue weighted by molar-refractivity contribution is 5.89. The highest BCUT2D eigenvalue weighted by Crippen LogP contribution is 2.39. The Morgan fingerprint density at radius 3 is 2.46 bits per heavy atom. The summed E-state index contributed by atoms with van der Waals surface area (Å²) in [7, 11) is 0. The van der Waals surface area contributed by atoms with Crippen molar-refractivity contribution < 1.29 is 4.79 Å². The SMILES string of the molecule is N#CC1(c2cncnc2)CC(=O)C1. The minimum atomic E-state index is -0.641. The van der Waals surface area contributed by atoms with E-state index in [1.165, 1.54) is 6.33 Å². The first-order chi connectivity index (χ1) is 6.27. The van der Waals surface area contributed by atoms with Crippen LogP contribution in [0.15, 0.2) is 18.7 Å². The molecule has 4 nitrogen and oxygen atoms in total. The number of hydrogen-bond acceptors (Lipinski definition) is 4. The Bertz CT molecular complexity index is 372. The fourth-order valence-corrected chi connectivity index (χ4v) is 1.52. The molecule has 0 unspecified atom stereocenters. The van der Waals surface area contributed by atoms with Crippen LogP contribution in [0.4, 0.5) is 0 Å². The van der Waals surface area contributed by atoms with Crippen LogP contribution in [0.2, 0.25) is 0 Å². The molecule has 0 radical (unpaired) electrons. The highest BCUT2D eigenvalue weighted by atomic mass is 16.1. The molecule has 1 aromatic rings. The Morgan fingerprint density at radius 2 is 2.00 bits per heavy atom. The van der Waals surface area contributed by atoms with Crippen molar-refractivity contribution in [3.63, 3.8) is 0 Å². The van der Waals surface area contributed by atoms with E-state index in [0.29, 0.717) is 12.8 Å². The van der Waals surface area contributed by atoms with Gasteiger partial charge in [0.1, 0.15) is 12.1 Å². The van der Waals surface area contributed by atoms with Gasteiger partial charge in [-0.3, -0.25) is 4.79 Å². The van der Waals surface area contributed by atoms with Crippen LogP contribution >= 0.6 is 0 Å². The Balaban J connectivity index is 2.36. The lowest BCUT2D eigenvalue weighted by molar-refractivity contribution is -0.126. The Morgan fingerprint density at radius 1 is 1.38 bits per heavy atom. The van der Waals surface area contributed by atoms with Gasteiger partial charge in [0, 0.05) is 30.8 Å². The number of nitriles is 1. The predicted molar refractivity (Wildman–Crippen MR) is 43.6 cm³/mol. The van der Waals surface area contributed by atoms with Crippen molar-refractivity contribution in [2.75, 3.05) is 0 Å². The van der Waals surface area contributed by atoms with E-state index in [1.807, 2.05) is 0 Å². The van der Waals surface area contributed by atoms with Gasteiger partial charge < -0.3 is 0 Å². The van der Waals surface area contributed by atoms with E-state index in [4.69, 9.17) is 5.26 Å². The monoisotopic (exact) mass is 173 g/mol. The molecule has 0 N–H and O–H groups in total. The van der Waals surface area contributed by atoms with Gasteiger partial charge in [0.25, 0.3) is 0 Å². The van der Waals surface area contributed by atoms with Gasteiger partial charge in [-0.15, -0.1) is 0 Å². The second kappa shape index (κ2) is 2.63. The maximum atomic E-state index is 10.9. The zero-order chi connectivity index (χ0) is 9.31. The average Bonchev–Trinajstić information content (AvgIpc) is 2.14. The molecule has 1 aromatic heterocycles. The van der Waals surface area contributed by atoms with Crippen molar-refractivity contribution >= 4 is 5.78 Å². The second-order valence-electron chi connectivity index (χ2n) is 3.21. The van der Waals surface area contributed by atoms with Gasteiger partial charge in [-0.05, 0) is 0 Å². The van der Waals surface area contributed by atoms with Gasteiger partial charge >= 0.3 is 0 Å². The smallest absolute Gasteiger partial charge is 0.136 e. The molecule has 0 bridgehead atoms. The lowest BCUT2D eigenvalue weighted by Crippen LogP contribution is -2.40. The van der Waals surface area contributed by atoms with Crippen LogP contribution in [-0.4, -0.2) is 15.8 Å². The zero-order valence-electron chi connectivity index (χ0n) is 6.90. The second-order valence-corrected chi connectivity index (χ2v) is 3.21. The molecule has 0 aliphatic heterocycles. The molecule has 1 fully saturated rings. The first-order valence-electron chi connectivity index (χ1n) is 3.95. The van der Waals surface area contributed by atoms with Crippen molar-refractivity contribution in [3.8, 4) is 6.07 Å². The Kier molecular flexibility index (Phi) is 1.59. The summed E-state index contributed by atoms with van der Waals surface area (Å²) in [6.45, 7) is 0. The number of carbonyl (C=O) groups is 1. The van der Waals surface area contributed by atoms with Crippen LogP contribution in [0.3, 0.4) is 0 Å². The van der Waals surface area contributed by atoms with Crippen molar-refractivity contribution in [1.82, 2.24) is 9.97 Å². The molecule has 1 aliphatic carbocycles. The molecule has 1 heterocycles. The molecule has 0 amide bonds. The van der Waals surface area contributed by atoms with E-state index in [1.54, 1.807) is 12.4 Å². The number of ketones is 1. The summed E-state index contributed by atoms with van der Waals surface area (Å²) in [5.74, 6) is 0.130. The topological polar surface area (TPSA) is 66.6 Å². The first kappa shape index (κ1) is 7.87. The van der Waals surface area contributed by atoms with Crippen molar-refractivity contribution in [1.29, 1.82) is 5.26 Å². The summed E-state index contributed by atoms with van der Waals surface area (Å²) in [6, 6.07) is 2.16. The quantitative estimate of drug-likeness (QED) is 0.623. The third-order valence-electron chi connectivity index (χ3n) is 2.33. The normalized spacial score (nSPS) is 18.8. The highest BCUT2D eigenvalue weighted by Gasteiger charge is 2.45. The molecule has 1 saturated carbocycles. The molecular formula is C9H7N3O. The average molecular weight is 173 g/mol. The van der Waals surface area contributed by atoms with E-state index >= 15 is 0 Å². The molecule has 2 rings (SSSR count). The summed E-state index contributed by atoms with van der Waals surface area (Å²) < 4.78 is 0. The number of nitrogens with zero attached hydrogens (tertiary/aromatic N) is 3. The largest absolute Gasteiger partial charge is 0.300 e. The van der Waals surface area contributed by atoms with Crippen LogP contribution < -0.4 is 0 Å². The minimum absolute atomic E-state index is 0.130. The van der Waals surface area contributed by atoms with Crippen molar-refractivity contribution in [2.45, 2.75) is 18.3 Å². The lowest BCUT2D eigenvalue weighted by Gasteiger charge is -2.33. The molecule has 0 aromatic carbocycles. The standard InChI is InChI=1S/C9H7N3O/c10-5-9(1-8(13)2-9)7-3-11-6-12-4-7/h3-4,6H,1-2H2.